The molecule has 1 saturated carbocycles. The normalized spacial score (nSPS) is 28.3. The third kappa shape index (κ3) is 3.73. The predicted octanol–water partition coefficient (Wildman–Crippen LogP) is 1.98. The van der Waals surface area contributed by atoms with Gasteiger partial charge in [0.25, 0.3) is 5.91 Å². The summed E-state index contributed by atoms with van der Waals surface area (Å²) in [6.45, 7) is 4.27. The van der Waals surface area contributed by atoms with E-state index in [2.05, 4.69) is 11.4 Å². The highest BCUT2D eigenvalue weighted by Crippen LogP contribution is 2.32. The van der Waals surface area contributed by atoms with E-state index in [1.165, 1.54) is 37.0 Å². The van der Waals surface area contributed by atoms with Crippen LogP contribution in [0.25, 0.3) is 0 Å². The van der Waals surface area contributed by atoms with Crippen LogP contribution >= 0.6 is 0 Å². The minimum Gasteiger partial charge on any atom is -0.325 e. The Hall–Kier alpha value is -1.86. The van der Waals surface area contributed by atoms with Crippen molar-refractivity contribution in [3.63, 3.8) is 0 Å². The predicted molar refractivity (Wildman–Crippen MR) is 90.0 cm³/mol. The summed E-state index contributed by atoms with van der Waals surface area (Å²) in [7, 11) is 0. The van der Waals surface area contributed by atoms with Crippen LogP contribution in [-0.2, 0) is 4.79 Å². The molecule has 2 aliphatic rings. The third-order valence-corrected chi connectivity index (χ3v) is 5.69. The van der Waals surface area contributed by atoms with E-state index in [0.717, 1.165) is 24.9 Å². The van der Waals surface area contributed by atoms with Crippen molar-refractivity contribution in [2.75, 3.05) is 18.4 Å². The zero-order valence-corrected chi connectivity index (χ0v) is 13.8. The van der Waals surface area contributed by atoms with E-state index in [1.54, 1.807) is 18.2 Å². The van der Waals surface area contributed by atoms with Crippen molar-refractivity contribution in [1.82, 2.24) is 0 Å². The number of likely N-dealkylation sites (tertiary alicyclic amines) is 1. The van der Waals surface area contributed by atoms with Crippen LogP contribution in [0.4, 0.5) is 5.69 Å². The lowest BCUT2D eigenvalue weighted by molar-refractivity contribution is -0.924. The fraction of sp³-hybridized carbons (Fsp3) is 0.579. The van der Waals surface area contributed by atoms with Gasteiger partial charge in [0, 0.05) is 11.6 Å². The van der Waals surface area contributed by atoms with Crippen LogP contribution in [0.2, 0.25) is 0 Å². The van der Waals surface area contributed by atoms with E-state index in [0.29, 0.717) is 11.3 Å². The van der Waals surface area contributed by atoms with Gasteiger partial charge in [-0.05, 0) is 50.3 Å². The molecule has 4 nitrogen and oxygen atoms in total. The molecule has 2 fully saturated rings. The number of benzene rings is 1. The number of quaternary nitrogens is 1. The third-order valence-electron chi connectivity index (χ3n) is 5.69. The maximum absolute atomic E-state index is 12.6. The Morgan fingerprint density at radius 1 is 1.30 bits per heavy atom. The number of amides is 1. The Bertz CT molecular complexity index is 607. The molecule has 122 valence electrons. The molecule has 1 heterocycles. The smallest absolute Gasteiger partial charge is 0.282 e. The second kappa shape index (κ2) is 7.14. The number of carbonyl (C=O) groups excluding carboxylic acids is 1. The Labute approximate surface area is 138 Å². The molecule has 0 spiro atoms. The Balaban J connectivity index is 1.60. The van der Waals surface area contributed by atoms with E-state index in [1.807, 2.05) is 13.0 Å². The SMILES string of the molecule is C[C@H](C(=O)Nc1cccc(C#N)c1)[NH+]1CC[C@@H]2CCCC[C@@H]2C1. The molecular formula is C19H26N3O+. The second-order valence-corrected chi connectivity index (χ2v) is 7.11. The first-order valence-corrected chi connectivity index (χ1v) is 8.83. The number of nitrogens with one attached hydrogen (secondary N) is 2. The zero-order chi connectivity index (χ0) is 16.2. The minimum atomic E-state index is -0.0383. The molecule has 0 bridgehead atoms. The van der Waals surface area contributed by atoms with Gasteiger partial charge >= 0.3 is 0 Å². The summed E-state index contributed by atoms with van der Waals surface area (Å²) in [4.78, 5) is 14.0. The molecule has 1 aromatic carbocycles. The molecule has 2 N–H and O–H groups in total. The van der Waals surface area contributed by atoms with E-state index in [-0.39, 0.29) is 11.9 Å². The molecule has 1 saturated heterocycles. The first kappa shape index (κ1) is 16.0. The number of anilines is 1. The second-order valence-electron chi connectivity index (χ2n) is 7.11. The van der Waals surface area contributed by atoms with E-state index < -0.39 is 0 Å². The maximum atomic E-state index is 12.6. The van der Waals surface area contributed by atoms with Gasteiger partial charge in [-0.1, -0.05) is 18.9 Å². The first-order valence-electron chi connectivity index (χ1n) is 8.83. The van der Waals surface area contributed by atoms with Crippen molar-refractivity contribution < 1.29 is 9.69 Å². The fourth-order valence-electron chi connectivity index (χ4n) is 4.24. The van der Waals surface area contributed by atoms with Crippen LogP contribution in [-0.4, -0.2) is 25.0 Å². The largest absolute Gasteiger partial charge is 0.325 e. The highest BCUT2D eigenvalue weighted by molar-refractivity contribution is 5.93. The van der Waals surface area contributed by atoms with Crippen LogP contribution in [0.5, 0.6) is 0 Å². The summed E-state index contributed by atoms with van der Waals surface area (Å²) in [6.07, 6.45) is 6.74. The van der Waals surface area contributed by atoms with Crippen LogP contribution in [0.3, 0.4) is 0 Å². The molecule has 1 amide bonds. The lowest BCUT2D eigenvalue weighted by Gasteiger charge is -2.40. The number of carbonyl (C=O) groups is 1. The first-order chi connectivity index (χ1) is 11.2. The van der Waals surface area contributed by atoms with Gasteiger partial charge in [0.15, 0.2) is 6.04 Å². The topological polar surface area (TPSA) is 57.3 Å². The number of hydrogen-bond acceptors (Lipinski definition) is 2. The van der Waals surface area contributed by atoms with Gasteiger partial charge in [-0.25, -0.2) is 0 Å². The number of piperidine rings is 1. The van der Waals surface area contributed by atoms with Crippen molar-refractivity contribution >= 4 is 11.6 Å². The molecule has 1 unspecified atom stereocenters. The standard InChI is InChI=1S/C19H25N3O/c1-14(19(23)21-18-8-4-5-15(11-18)12-20)22-10-9-16-6-2-3-7-17(16)13-22/h4-5,8,11,14,16-17H,2-3,6-7,9-10,13H2,1H3,(H,21,23)/p+1/t14-,16+,17-/m1/s1. The van der Waals surface area contributed by atoms with Gasteiger partial charge in [0.1, 0.15) is 0 Å². The highest BCUT2D eigenvalue weighted by atomic mass is 16.2. The Morgan fingerprint density at radius 3 is 2.87 bits per heavy atom. The molecule has 3 rings (SSSR count). The molecule has 23 heavy (non-hydrogen) atoms. The number of nitrogens with zero attached hydrogens (tertiary/aromatic N) is 1. The Kier molecular flexibility index (Phi) is 4.97. The molecule has 4 atom stereocenters. The van der Waals surface area contributed by atoms with Gasteiger partial charge in [-0.3, -0.25) is 4.79 Å². The average molecular weight is 312 g/mol. The molecule has 1 aliphatic carbocycles. The summed E-state index contributed by atoms with van der Waals surface area (Å²) in [5.74, 6) is 1.77. The van der Waals surface area contributed by atoms with Gasteiger partial charge in [-0.15, -0.1) is 0 Å². The molecule has 1 aromatic rings. The number of rotatable bonds is 3. The Morgan fingerprint density at radius 2 is 2.09 bits per heavy atom. The van der Waals surface area contributed by atoms with Crippen molar-refractivity contribution in [3.8, 4) is 6.07 Å². The van der Waals surface area contributed by atoms with Crippen LogP contribution in [0.1, 0.15) is 44.6 Å². The maximum Gasteiger partial charge on any atom is 0.282 e. The summed E-state index contributed by atoms with van der Waals surface area (Å²) in [5.41, 5.74) is 1.29. The van der Waals surface area contributed by atoms with Crippen molar-refractivity contribution in [2.24, 2.45) is 11.8 Å². The van der Waals surface area contributed by atoms with Crippen molar-refractivity contribution in [1.29, 1.82) is 5.26 Å². The molecule has 0 aromatic heterocycles. The zero-order valence-electron chi connectivity index (χ0n) is 13.8. The lowest BCUT2D eigenvalue weighted by Crippen LogP contribution is -3.18. The van der Waals surface area contributed by atoms with Gasteiger partial charge in [0.05, 0.1) is 24.7 Å². The van der Waals surface area contributed by atoms with Crippen LogP contribution < -0.4 is 10.2 Å². The summed E-state index contributed by atoms with van der Waals surface area (Å²) in [5, 5.41) is 11.9. The molecule has 0 radical (unpaired) electrons. The monoisotopic (exact) mass is 312 g/mol. The lowest BCUT2D eigenvalue weighted by atomic mass is 9.75. The molecule has 1 aliphatic heterocycles. The average Bonchev–Trinajstić information content (AvgIpc) is 2.60. The summed E-state index contributed by atoms with van der Waals surface area (Å²) in [6, 6.07) is 9.19. The minimum absolute atomic E-state index is 0.0383. The quantitative estimate of drug-likeness (QED) is 0.896. The van der Waals surface area contributed by atoms with E-state index >= 15 is 0 Å². The fourth-order valence-corrected chi connectivity index (χ4v) is 4.24. The van der Waals surface area contributed by atoms with Crippen molar-refractivity contribution in [3.05, 3.63) is 29.8 Å². The molecular weight excluding hydrogens is 286 g/mol. The summed E-state index contributed by atoms with van der Waals surface area (Å²) >= 11 is 0. The van der Waals surface area contributed by atoms with Gasteiger partial charge < -0.3 is 10.2 Å². The highest BCUT2D eigenvalue weighted by Gasteiger charge is 2.37. The number of hydrogen-bond donors (Lipinski definition) is 2. The summed E-state index contributed by atoms with van der Waals surface area (Å²) < 4.78 is 0. The van der Waals surface area contributed by atoms with Crippen molar-refractivity contribution in [2.45, 2.75) is 45.1 Å². The van der Waals surface area contributed by atoms with E-state index in [4.69, 9.17) is 5.26 Å². The van der Waals surface area contributed by atoms with E-state index in [9.17, 15) is 4.79 Å². The van der Waals surface area contributed by atoms with Gasteiger partial charge in [0.2, 0.25) is 0 Å². The number of nitriles is 1. The van der Waals surface area contributed by atoms with Gasteiger partial charge in [-0.2, -0.15) is 5.26 Å². The van der Waals surface area contributed by atoms with Crippen LogP contribution in [0, 0.1) is 23.2 Å². The number of fused-ring (bicyclic) bond motifs is 1. The molecule has 4 heteroatoms. The van der Waals surface area contributed by atoms with Crippen LogP contribution in [0.15, 0.2) is 24.3 Å².